The lowest BCUT2D eigenvalue weighted by molar-refractivity contribution is 0.306. The van der Waals surface area contributed by atoms with Gasteiger partial charge >= 0.3 is 0 Å². The Bertz CT molecular complexity index is 547. The Morgan fingerprint density at radius 3 is 2.19 bits per heavy atom. The zero-order valence-electron chi connectivity index (χ0n) is 12.5. The van der Waals surface area contributed by atoms with E-state index in [4.69, 9.17) is 4.18 Å². The molecule has 0 radical (unpaired) electrons. The molecule has 0 unspecified atom stereocenters. The number of hydrogen-bond acceptors (Lipinski definition) is 3. The maximum absolute atomic E-state index is 11.8. The van der Waals surface area contributed by atoms with Crippen LogP contribution >= 0.6 is 0 Å². The number of hydrogen-bond donors (Lipinski definition) is 0. The lowest BCUT2D eigenvalue weighted by Crippen LogP contribution is -2.07. The van der Waals surface area contributed by atoms with Gasteiger partial charge in [0.25, 0.3) is 10.1 Å². The van der Waals surface area contributed by atoms with Gasteiger partial charge in [0.2, 0.25) is 0 Å². The molecule has 116 valence electrons. The van der Waals surface area contributed by atoms with Gasteiger partial charge in [-0.1, -0.05) is 55.5 Å². The predicted octanol–water partition coefficient (Wildman–Crippen LogP) is 4.45. The third-order valence-corrected chi connectivity index (χ3v) is 4.98. The van der Waals surface area contributed by atoms with Crippen LogP contribution in [0.3, 0.4) is 0 Å². The fraction of sp³-hybridized carbons (Fsp3) is 0.529. The number of unbranched alkanes of at least 4 members (excludes halogenated alkanes) is 5. The fourth-order valence-corrected chi connectivity index (χ4v) is 3.23. The number of rotatable bonds is 11. The lowest BCUT2D eigenvalue weighted by atomic mass is 10.1. The van der Waals surface area contributed by atoms with Gasteiger partial charge in [-0.25, -0.2) is 0 Å². The molecule has 21 heavy (non-hydrogen) atoms. The summed E-state index contributed by atoms with van der Waals surface area (Å²) in [7, 11) is -3.57. The maximum atomic E-state index is 11.8. The van der Waals surface area contributed by atoms with Gasteiger partial charge in [-0.3, -0.25) is 4.18 Å². The average Bonchev–Trinajstić information content (AvgIpc) is 3.30. The molecular weight excluding hydrogens is 284 g/mol. The molecule has 2 rings (SSSR count). The first kappa shape index (κ1) is 16.2. The maximum Gasteiger partial charge on any atom is 0.296 e. The second-order valence-corrected chi connectivity index (χ2v) is 7.14. The van der Waals surface area contributed by atoms with E-state index < -0.39 is 10.1 Å². The largest absolute Gasteiger partial charge is 0.296 e. The molecule has 1 aromatic carbocycles. The van der Waals surface area contributed by atoms with Gasteiger partial charge in [-0.05, 0) is 37.8 Å². The Morgan fingerprint density at radius 1 is 0.905 bits per heavy atom. The highest BCUT2D eigenvalue weighted by molar-refractivity contribution is 7.86. The van der Waals surface area contributed by atoms with Crippen molar-refractivity contribution in [1.29, 1.82) is 0 Å². The highest BCUT2D eigenvalue weighted by atomic mass is 32.2. The van der Waals surface area contributed by atoms with Crippen LogP contribution in [0.4, 0.5) is 0 Å². The Labute approximate surface area is 128 Å². The minimum Gasteiger partial charge on any atom is -0.266 e. The van der Waals surface area contributed by atoms with Gasteiger partial charge in [0.1, 0.15) is 0 Å². The quantitative estimate of drug-likeness (QED) is 0.344. The molecule has 3 nitrogen and oxygen atoms in total. The molecule has 1 aromatic rings. The molecule has 1 aliphatic rings. The van der Waals surface area contributed by atoms with E-state index in [2.05, 4.69) is 6.08 Å². The van der Waals surface area contributed by atoms with Crippen LogP contribution in [0.5, 0.6) is 0 Å². The molecule has 0 fully saturated rings. The summed E-state index contributed by atoms with van der Waals surface area (Å²) in [6, 6.07) is 8.32. The van der Waals surface area contributed by atoms with Gasteiger partial charge in [0.05, 0.1) is 11.5 Å². The standard InChI is InChI=1S/C17H24O3S/c18-21(19,17-11-7-5-8-12-17)20-15-9-4-2-1-3-6-10-16-13-14-16/h5,7-8,11-13H,1-4,6,9-10,14-15H2. The molecular formula is C17H24O3S. The molecule has 0 saturated carbocycles. The topological polar surface area (TPSA) is 43.4 Å². The van der Waals surface area contributed by atoms with Crippen LogP contribution in [-0.4, -0.2) is 15.0 Å². The molecule has 4 heteroatoms. The molecule has 0 amide bonds. The molecule has 0 aliphatic heterocycles. The Kier molecular flexibility index (Phi) is 6.46. The van der Waals surface area contributed by atoms with E-state index in [9.17, 15) is 8.42 Å². The molecule has 0 N–H and O–H groups in total. The van der Waals surface area contributed by atoms with Crippen LogP contribution < -0.4 is 0 Å². The lowest BCUT2D eigenvalue weighted by Gasteiger charge is -2.05. The highest BCUT2D eigenvalue weighted by Gasteiger charge is 2.13. The van der Waals surface area contributed by atoms with Crippen molar-refractivity contribution in [3.8, 4) is 0 Å². The third kappa shape index (κ3) is 6.44. The van der Waals surface area contributed by atoms with E-state index in [1.807, 2.05) is 0 Å². The average molecular weight is 308 g/mol. The van der Waals surface area contributed by atoms with Crippen LogP contribution in [0.25, 0.3) is 0 Å². The van der Waals surface area contributed by atoms with Crippen molar-refractivity contribution in [2.45, 2.75) is 56.3 Å². The molecule has 0 heterocycles. The van der Waals surface area contributed by atoms with E-state index >= 15 is 0 Å². The van der Waals surface area contributed by atoms with Crippen molar-refractivity contribution < 1.29 is 12.6 Å². The first-order chi connectivity index (χ1) is 10.2. The van der Waals surface area contributed by atoms with Gasteiger partial charge in [0.15, 0.2) is 0 Å². The Balaban J connectivity index is 1.50. The molecule has 0 aromatic heterocycles. The highest BCUT2D eigenvalue weighted by Crippen LogP contribution is 2.24. The predicted molar refractivity (Wildman–Crippen MR) is 84.6 cm³/mol. The first-order valence-corrected chi connectivity index (χ1v) is 9.22. The van der Waals surface area contributed by atoms with Crippen LogP contribution in [-0.2, 0) is 14.3 Å². The zero-order valence-corrected chi connectivity index (χ0v) is 13.3. The van der Waals surface area contributed by atoms with E-state index in [-0.39, 0.29) is 11.5 Å². The van der Waals surface area contributed by atoms with Gasteiger partial charge in [-0.15, -0.1) is 0 Å². The van der Waals surface area contributed by atoms with Crippen LogP contribution in [0.1, 0.15) is 51.4 Å². The van der Waals surface area contributed by atoms with Crippen molar-refractivity contribution in [2.24, 2.45) is 0 Å². The van der Waals surface area contributed by atoms with Gasteiger partial charge in [-0.2, -0.15) is 8.42 Å². The van der Waals surface area contributed by atoms with Gasteiger partial charge < -0.3 is 0 Å². The van der Waals surface area contributed by atoms with Crippen LogP contribution in [0.2, 0.25) is 0 Å². The van der Waals surface area contributed by atoms with Crippen molar-refractivity contribution in [3.05, 3.63) is 42.0 Å². The van der Waals surface area contributed by atoms with E-state index in [0.29, 0.717) is 0 Å². The third-order valence-electron chi connectivity index (χ3n) is 3.66. The summed E-state index contributed by atoms with van der Waals surface area (Å²) in [5.74, 6) is 0. The van der Waals surface area contributed by atoms with Crippen molar-refractivity contribution >= 4 is 10.1 Å². The number of benzene rings is 1. The van der Waals surface area contributed by atoms with E-state index in [1.165, 1.54) is 32.1 Å². The summed E-state index contributed by atoms with van der Waals surface area (Å²) >= 11 is 0. The minimum atomic E-state index is -3.57. The number of allylic oxidation sites excluding steroid dienone is 2. The SMILES string of the molecule is O=S(=O)(OCCCCCCCCC1=CC1)c1ccccc1. The van der Waals surface area contributed by atoms with Crippen LogP contribution in [0, 0.1) is 0 Å². The summed E-state index contributed by atoms with van der Waals surface area (Å²) < 4.78 is 28.7. The molecule has 0 spiro atoms. The summed E-state index contributed by atoms with van der Waals surface area (Å²) in [4.78, 5) is 0.236. The van der Waals surface area contributed by atoms with E-state index in [0.717, 1.165) is 19.3 Å². The van der Waals surface area contributed by atoms with Gasteiger partial charge in [0, 0.05) is 0 Å². The fourth-order valence-electron chi connectivity index (χ4n) is 2.26. The smallest absolute Gasteiger partial charge is 0.266 e. The van der Waals surface area contributed by atoms with Crippen LogP contribution in [0.15, 0.2) is 46.9 Å². The second kappa shape index (κ2) is 8.35. The normalized spacial score (nSPS) is 14.0. The van der Waals surface area contributed by atoms with E-state index in [1.54, 1.807) is 35.9 Å². The van der Waals surface area contributed by atoms with Crippen molar-refractivity contribution in [1.82, 2.24) is 0 Å². The molecule has 0 saturated heterocycles. The summed E-state index contributed by atoms with van der Waals surface area (Å²) in [6.45, 7) is 0.282. The Morgan fingerprint density at radius 2 is 1.52 bits per heavy atom. The second-order valence-electron chi connectivity index (χ2n) is 5.53. The Hall–Kier alpha value is -1.13. The van der Waals surface area contributed by atoms with Crippen molar-refractivity contribution in [3.63, 3.8) is 0 Å². The van der Waals surface area contributed by atoms with Crippen molar-refractivity contribution in [2.75, 3.05) is 6.61 Å². The molecule has 0 bridgehead atoms. The molecule has 1 aliphatic carbocycles. The monoisotopic (exact) mass is 308 g/mol. The zero-order chi connectivity index (χ0) is 15.0. The summed E-state index contributed by atoms with van der Waals surface area (Å²) in [6.07, 6.45) is 11.6. The molecule has 0 atom stereocenters. The summed E-state index contributed by atoms with van der Waals surface area (Å²) in [5, 5.41) is 0. The first-order valence-electron chi connectivity index (χ1n) is 7.81. The summed E-state index contributed by atoms with van der Waals surface area (Å²) in [5.41, 5.74) is 1.62. The minimum absolute atomic E-state index is 0.236.